The molecular weight excluding hydrogens is 212 g/mol. The molecule has 1 aliphatic carbocycles. The Bertz CT molecular complexity index is 464. The average molecular weight is 232 g/mol. The van der Waals surface area contributed by atoms with Gasteiger partial charge in [-0.1, -0.05) is 32.9 Å². The van der Waals surface area contributed by atoms with Crippen LogP contribution < -0.4 is 4.74 Å². The molecule has 0 bridgehead atoms. The molecule has 0 spiro atoms. The third kappa shape index (κ3) is 1.50. The van der Waals surface area contributed by atoms with Crippen LogP contribution in [-0.2, 0) is 10.8 Å². The highest BCUT2D eigenvalue weighted by Gasteiger charge is 2.51. The van der Waals surface area contributed by atoms with Crippen LogP contribution >= 0.6 is 0 Å². The molecule has 2 nitrogen and oxygen atoms in total. The third-order valence-electron chi connectivity index (χ3n) is 4.59. The summed E-state index contributed by atoms with van der Waals surface area (Å²) in [5.41, 5.74) is 2.97. The summed E-state index contributed by atoms with van der Waals surface area (Å²) in [5.74, 6) is 1.47. The minimum atomic E-state index is 0.116. The molecule has 0 aromatic heterocycles. The van der Waals surface area contributed by atoms with Crippen LogP contribution in [0.4, 0.5) is 0 Å². The van der Waals surface area contributed by atoms with Crippen LogP contribution in [0, 0.1) is 5.92 Å². The largest absolute Gasteiger partial charge is 0.492 e. The van der Waals surface area contributed by atoms with E-state index in [0.29, 0.717) is 12.5 Å². The lowest BCUT2D eigenvalue weighted by molar-refractivity contribution is 0.265. The minimum absolute atomic E-state index is 0.116. The fourth-order valence-corrected chi connectivity index (χ4v) is 2.95. The highest BCUT2D eigenvalue weighted by Crippen LogP contribution is 2.55. The molecular formula is C15H20O2. The third-order valence-corrected chi connectivity index (χ3v) is 4.59. The van der Waals surface area contributed by atoms with E-state index in [4.69, 9.17) is 4.74 Å². The fraction of sp³-hybridized carbons (Fsp3) is 0.600. The molecule has 1 fully saturated rings. The van der Waals surface area contributed by atoms with Crippen molar-refractivity contribution in [3.8, 4) is 5.75 Å². The van der Waals surface area contributed by atoms with Crippen LogP contribution in [0.5, 0.6) is 5.75 Å². The molecule has 2 unspecified atom stereocenters. The summed E-state index contributed by atoms with van der Waals surface area (Å²) in [6.45, 7) is 7.76. The van der Waals surface area contributed by atoms with Gasteiger partial charge in [-0.2, -0.15) is 0 Å². The maximum Gasteiger partial charge on any atom is 0.123 e. The Hall–Kier alpha value is -1.02. The van der Waals surface area contributed by atoms with Crippen molar-refractivity contribution in [1.82, 2.24) is 0 Å². The standard InChI is InChI=1S/C15H20O2/c1-14(2)9-17-13-5-4-10(6-12(13)14)15(3)7-11(15)8-16/h4-6,11,16H,7-9H2,1-3H3. The van der Waals surface area contributed by atoms with Gasteiger partial charge >= 0.3 is 0 Å². The zero-order valence-corrected chi connectivity index (χ0v) is 10.8. The normalized spacial score (nSPS) is 33.1. The number of aliphatic hydroxyl groups is 1. The van der Waals surface area contributed by atoms with Crippen molar-refractivity contribution in [2.45, 2.75) is 38.0 Å². The topological polar surface area (TPSA) is 29.5 Å². The number of rotatable bonds is 2. The smallest absolute Gasteiger partial charge is 0.123 e. The van der Waals surface area contributed by atoms with Crippen molar-refractivity contribution in [2.75, 3.05) is 13.2 Å². The first kappa shape index (κ1) is 11.1. The quantitative estimate of drug-likeness (QED) is 0.849. The van der Waals surface area contributed by atoms with Crippen molar-refractivity contribution in [3.05, 3.63) is 29.3 Å². The lowest BCUT2D eigenvalue weighted by Gasteiger charge is -2.18. The molecule has 1 saturated carbocycles. The van der Waals surface area contributed by atoms with Crippen LogP contribution in [0.2, 0.25) is 0 Å². The predicted octanol–water partition coefficient (Wildman–Crippen LogP) is 2.63. The Balaban J connectivity index is 2.00. The van der Waals surface area contributed by atoms with E-state index in [1.807, 2.05) is 0 Å². The van der Waals surface area contributed by atoms with Gasteiger partial charge in [0.2, 0.25) is 0 Å². The molecule has 2 atom stereocenters. The second kappa shape index (κ2) is 3.26. The summed E-state index contributed by atoms with van der Waals surface area (Å²) >= 11 is 0. The number of aliphatic hydroxyl groups excluding tert-OH is 1. The van der Waals surface area contributed by atoms with Gasteiger partial charge in [-0.3, -0.25) is 0 Å². The lowest BCUT2D eigenvalue weighted by Crippen LogP contribution is -2.19. The predicted molar refractivity (Wildman–Crippen MR) is 67.5 cm³/mol. The average Bonchev–Trinajstić information content (AvgIpc) is 2.89. The zero-order chi connectivity index (χ0) is 12.3. The second-order valence-electron chi connectivity index (χ2n) is 6.38. The molecule has 1 heterocycles. The second-order valence-corrected chi connectivity index (χ2v) is 6.38. The number of benzene rings is 1. The summed E-state index contributed by atoms with van der Waals surface area (Å²) < 4.78 is 5.71. The summed E-state index contributed by atoms with van der Waals surface area (Å²) in [6, 6.07) is 6.55. The summed E-state index contributed by atoms with van der Waals surface area (Å²) in [6.07, 6.45) is 1.10. The molecule has 1 aromatic carbocycles. The molecule has 2 aliphatic rings. The van der Waals surface area contributed by atoms with E-state index in [0.717, 1.165) is 18.8 Å². The van der Waals surface area contributed by atoms with Gasteiger partial charge in [-0.15, -0.1) is 0 Å². The Morgan fingerprint density at radius 1 is 1.35 bits per heavy atom. The number of hydrogen-bond acceptors (Lipinski definition) is 2. The van der Waals surface area contributed by atoms with Crippen LogP contribution in [0.3, 0.4) is 0 Å². The molecule has 0 saturated heterocycles. The van der Waals surface area contributed by atoms with Crippen molar-refractivity contribution in [3.63, 3.8) is 0 Å². The molecule has 1 aromatic rings. The van der Waals surface area contributed by atoms with Gasteiger partial charge in [-0.25, -0.2) is 0 Å². The van der Waals surface area contributed by atoms with Crippen molar-refractivity contribution in [2.24, 2.45) is 5.92 Å². The van der Waals surface area contributed by atoms with Gasteiger partial charge in [0, 0.05) is 17.6 Å². The molecule has 0 amide bonds. The monoisotopic (exact) mass is 232 g/mol. The number of fused-ring (bicyclic) bond motifs is 1. The summed E-state index contributed by atoms with van der Waals surface area (Å²) in [5, 5.41) is 9.27. The van der Waals surface area contributed by atoms with E-state index in [-0.39, 0.29) is 10.8 Å². The van der Waals surface area contributed by atoms with Gasteiger partial charge in [0.15, 0.2) is 0 Å². The molecule has 0 radical (unpaired) electrons. The van der Waals surface area contributed by atoms with Crippen LogP contribution in [0.25, 0.3) is 0 Å². The molecule has 3 rings (SSSR count). The maximum absolute atomic E-state index is 9.27. The van der Waals surface area contributed by atoms with Gasteiger partial charge in [-0.05, 0) is 29.4 Å². The number of ether oxygens (including phenoxy) is 1. The van der Waals surface area contributed by atoms with Crippen molar-refractivity contribution >= 4 is 0 Å². The Morgan fingerprint density at radius 3 is 2.76 bits per heavy atom. The van der Waals surface area contributed by atoms with Crippen LogP contribution in [-0.4, -0.2) is 18.3 Å². The zero-order valence-electron chi connectivity index (χ0n) is 10.8. The lowest BCUT2D eigenvalue weighted by atomic mass is 9.83. The summed E-state index contributed by atoms with van der Waals surface area (Å²) in [7, 11) is 0. The van der Waals surface area contributed by atoms with E-state index in [2.05, 4.69) is 39.0 Å². The van der Waals surface area contributed by atoms with E-state index >= 15 is 0 Å². The summed E-state index contributed by atoms with van der Waals surface area (Å²) in [4.78, 5) is 0. The van der Waals surface area contributed by atoms with Gasteiger partial charge in [0.05, 0.1) is 6.61 Å². The SMILES string of the molecule is CC1(C)COc2ccc(C3(C)CC3CO)cc21. The van der Waals surface area contributed by atoms with Crippen molar-refractivity contribution in [1.29, 1.82) is 0 Å². The maximum atomic E-state index is 9.27. The van der Waals surface area contributed by atoms with Crippen molar-refractivity contribution < 1.29 is 9.84 Å². The number of hydrogen-bond donors (Lipinski definition) is 1. The first-order chi connectivity index (χ1) is 7.97. The van der Waals surface area contributed by atoms with Gasteiger partial charge < -0.3 is 9.84 Å². The fourth-order valence-electron chi connectivity index (χ4n) is 2.95. The molecule has 2 heteroatoms. The highest BCUT2D eigenvalue weighted by molar-refractivity contribution is 5.48. The van der Waals surface area contributed by atoms with Crippen LogP contribution in [0.1, 0.15) is 38.3 Å². The Kier molecular flexibility index (Phi) is 2.13. The van der Waals surface area contributed by atoms with Crippen LogP contribution in [0.15, 0.2) is 18.2 Å². The molecule has 17 heavy (non-hydrogen) atoms. The highest BCUT2D eigenvalue weighted by atomic mass is 16.5. The van der Waals surface area contributed by atoms with E-state index in [1.54, 1.807) is 0 Å². The molecule has 1 N–H and O–H groups in total. The molecule has 92 valence electrons. The Labute approximate surface area is 103 Å². The Morgan fingerprint density at radius 2 is 2.12 bits per heavy atom. The minimum Gasteiger partial charge on any atom is -0.492 e. The first-order valence-corrected chi connectivity index (χ1v) is 6.36. The van der Waals surface area contributed by atoms with E-state index in [1.165, 1.54) is 11.1 Å². The molecule has 1 aliphatic heterocycles. The van der Waals surface area contributed by atoms with E-state index in [9.17, 15) is 5.11 Å². The first-order valence-electron chi connectivity index (χ1n) is 6.36. The van der Waals surface area contributed by atoms with Gasteiger partial charge in [0.1, 0.15) is 5.75 Å². The van der Waals surface area contributed by atoms with E-state index < -0.39 is 0 Å². The van der Waals surface area contributed by atoms with Gasteiger partial charge in [0.25, 0.3) is 0 Å².